The molecule has 0 aliphatic heterocycles. The molecule has 3 N–H and O–H groups in total. The average Bonchev–Trinajstić information content (AvgIpc) is 2.90. The summed E-state index contributed by atoms with van der Waals surface area (Å²) in [6.07, 6.45) is 9.10. The molecule has 23 heavy (non-hydrogen) atoms. The number of nitrogens with zero attached hydrogens (tertiary/aromatic N) is 2. The summed E-state index contributed by atoms with van der Waals surface area (Å²) in [6.45, 7) is 6.31. The molecule has 3 atom stereocenters. The first-order valence-electron chi connectivity index (χ1n) is 9.03. The molecule has 128 valence electrons. The van der Waals surface area contributed by atoms with E-state index in [-0.39, 0.29) is 23.4 Å². The van der Waals surface area contributed by atoms with Gasteiger partial charge in [-0.15, -0.1) is 0 Å². The fourth-order valence-electron chi connectivity index (χ4n) is 3.99. The van der Waals surface area contributed by atoms with E-state index in [4.69, 9.17) is 5.73 Å². The van der Waals surface area contributed by atoms with Crippen LogP contribution in [0.2, 0.25) is 0 Å². The van der Waals surface area contributed by atoms with Gasteiger partial charge in [0.05, 0.1) is 11.6 Å². The molecule has 5 nitrogen and oxygen atoms in total. The molecule has 0 radical (unpaired) electrons. The Bertz CT molecular complexity index is 576. The number of carbonyl (C=O) groups excluding carboxylic acids is 1. The molecule has 0 saturated heterocycles. The van der Waals surface area contributed by atoms with E-state index in [1.165, 1.54) is 5.56 Å². The number of hydrogen-bond acceptors (Lipinski definition) is 3. The third kappa shape index (κ3) is 3.44. The van der Waals surface area contributed by atoms with E-state index < -0.39 is 0 Å². The molecular weight excluding hydrogens is 288 g/mol. The summed E-state index contributed by atoms with van der Waals surface area (Å²) in [6, 6.07) is 0.581. The smallest absolute Gasteiger partial charge is 0.225 e. The Morgan fingerprint density at radius 1 is 1.43 bits per heavy atom. The Hall–Kier alpha value is -1.36. The summed E-state index contributed by atoms with van der Waals surface area (Å²) in [5.74, 6) is 0.0947. The molecule has 0 bridgehead atoms. The van der Waals surface area contributed by atoms with Crippen LogP contribution in [0.25, 0.3) is 0 Å². The van der Waals surface area contributed by atoms with Crippen molar-refractivity contribution in [3.8, 4) is 0 Å². The van der Waals surface area contributed by atoms with Crippen molar-refractivity contribution in [1.29, 1.82) is 0 Å². The van der Waals surface area contributed by atoms with Gasteiger partial charge in [0, 0.05) is 30.2 Å². The first-order valence-corrected chi connectivity index (χ1v) is 9.03. The number of hydrogen-bond donors (Lipinski definition) is 2. The summed E-state index contributed by atoms with van der Waals surface area (Å²) in [5, 5.41) is 7.94. The van der Waals surface area contributed by atoms with Crippen LogP contribution in [0.3, 0.4) is 0 Å². The maximum atomic E-state index is 12.7. The SMILES string of the molecule is CC(C)n1cc2c(n1)CC(NC(=O)C1CCCCC1(C)N)CC2. The predicted molar refractivity (Wildman–Crippen MR) is 91.1 cm³/mol. The van der Waals surface area contributed by atoms with Crippen LogP contribution in [0.15, 0.2) is 6.20 Å². The Labute approximate surface area is 139 Å². The molecule has 1 aromatic heterocycles. The number of aromatic nitrogens is 2. The summed E-state index contributed by atoms with van der Waals surface area (Å²) >= 11 is 0. The van der Waals surface area contributed by atoms with Gasteiger partial charge in [0.25, 0.3) is 0 Å². The highest BCUT2D eigenvalue weighted by molar-refractivity contribution is 5.80. The van der Waals surface area contributed by atoms with Gasteiger partial charge in [-0.1, -0.05) is 12.8 Å². The second-order valence-corrected chi connectivity index (χ2v) is 7.93. The fourth-order valence-corrected chi connectivity index (χ4v) is 3.99. The number of nitrogens with one attached hydrogen (secondary N) is 1. The van der Waals surface area contributed by atoms with Crippen molar-refractivity contribution < 1.29 is 4.79 Å². The normalized spacial score (nSPS) is 31.0. The quantitative estimate of drug-likeness (QED) is 0.898. The molecule has 2 aliphatic carbocycles. The minimum atomic E-state index is -0.360. The molecule has 1 fully saturated rings. The Balaban J connectivity index is 1.64. The number of amides is 1. The van der Waals surface area contributed by atoms with Crippen LogP contribution in [-0.4, -0.2) is 27.3 Å². The Morgan fingerprint density at radius 2 is 2.22 bits per heavy atom. The lowest BCUT2D eigenvalue weighted by Crippen LogP contribution is -2.54. The molecule has 3 unspecified atom stereocenters. The lowest BCUT2D eigenvalue weighted by molar-refractivity contribution is -0.128. The van der Waals surface area contributed by atoms with Gasteiger partial charge in [0.2, 0.25) is 5.91 Å². The third-order valence-electron chi connectivity index (χ3n) is 5.54. The molecule has 3 rings (SSSR count). The van der Waals surface area contributed by atoms with Gasteiger partial charge < -0.3 is 11.1 Å². The molecule has 2 aliphatic rings. The summed E-state index contributed by atoms with van der Waals surface area (Å²) in [7, 11) is 0. The van der Waals surface area contributed by atoms with E-state index in [2.05, 4.69) is 30.5 Å². The summed E-state index contributed by atoms with van der Waals surface area (Å²) in [5.41, 5.74) is 8.49. The van der Waals surface area contributed by atoms with Crippen LogP contribution in [0, 0.1) is 5.92 Å². The van der Waals surface area contributed by atoms with Gasteiger partial charge in [-0.25, -0.2) is 0 Å². The van der Waals surface area contributed by atoms with Gasteiger partial charge >= 0.3 is 0 Å². The average molecular weight is 318 g/mol. The fraction of sp³-hybridized carbons (Fsp3) is 0.778. The number of fused-ring (bicyclic) bond motifs is 1. The van der Waals surface area contributed by atoms with Crippen molar-refractivity contribution in [2.45, 2.75) is 83.3 Å². The van der Waals surface area contributed by atoms with E-state index >= 15 is 0 Å². The summed E-state index contributed by atoms with van der Waals surface area (Å²) in [4.78, 5) is 12.7. The zero-order valence-corrected chi connectivity index (χ0v) is 14.6. The maximum absolute atomic E-state index is 12.7. The minimum absolute atomic E-state index is 0.0501. The van der Waals surface area contributed by atoms with Gasteiger partial charge in [0.1, 0.15) is 0 Å². The zero-order valence-electron chi connectivity index (χ0n) is 14.6. The van der Waals surface area contributed by atoms with Crippen molar-refractivity contribution in [1.82, 2.24) is 15.1 Å². The lowest BCUT2D eigenvalue weighted by atomic mass is 9.74. The molecular formula is C18H30N4O. The van der Waals surface area contributed by atoms with Crippen molar-refractivity contribution in [2.24, 2.45) is 11.7 Å². The molecule has 1 aromatic rings. The molecule has 0 aromatic carbocycles. The molecule has 0 spiro atoms. The first kappa shape index (κ1) is 16.5. The minimum Gasteiger partial charge on any atom is -0.353 e. The Kier molecular flexibility index (Phi) is 4.50. The number of nitrogens with two attached hydrogens (primary N) is 1. The standard InChI is InChI=1S/C18H30N4O/c1-12(2)22-11-13-7-8-14(10-16(13)21-22)20-17(23)15-6-4-5-9-18(15,3)19/h11-12,14-15H,4-10,19H2,1-3H3,(H,20,23). The van der Waals surface area contributed by atoms with Crippen LogP contribution in [-0.2, 0) is 17.6 Å². The van der Waals surface area contributed by atoms with E-state index in [0.29, 0.717) is 6.04 Å². The first-order chi connectivity index (χ1) is 10.9. The van der Waals surface area contributed by atoms with Crippen molar-refractivity contribution in [3.63, 3.8) is 0 Å². The van der Waals surface area contributed by atoms with E-state index in [0.717, 1.165) is 50.6 Å². The number of carbonyl (C=O) groups is 1. The Morgan fingerprint density at radius 3 is 2.91 bits per heavy atom. The van der Waals surface area contributed by atoms with E-state index in [9.17, 15) is 4.79 Å². The predicted octanol–water partition coefficient (Wildman–Crippen LogP) is 2.35. The zero-order chi connectivity index (χ0) is 16.6. The topological polar surface area (TPSA) is 72.9 Å². The van der Waals surface area contributed by atoms with Crippen LogP contribution >= 0.6 is 0 Å². The second kappa shape index (κ2) is 6.27. The summed E-state index contributed by atoms with van der Waals surface area (Å²) < 4.78 is 2.03. The van der Waals surface area contributed by atoms with Crippen LogP contribution in [0.4, 0.5) is 0 Å². The highest BCUT2D eigenvalue weighted by Gasteiger charge is 2.38. The van der Waals surface area contributed by atoms with Gasteiger partial charge in [-0.3, -0.25) is 9.48 Å². The van der Waals surface area contributed by atoms with Crippen LogP contribution in [0.5, 0.6) is 0 Å². The van der Waals surface area contributed by atoms with Crippen molar-refractivity contribution in [3.05, 3.63) is 17.5 Å². The highest BCUT2D eigenvalue weighted by Crippen LogP contribution is 2.32. The van der Waals surface area contributed by atoms with Gasteiger partial charge in [-0.2, -0.15) is 5.10 Å². The molecule has 5 heteroatoms. The molecule has 1 saturated carbocycles. The van der Waals surface area contributed by atoms with Crippen molar-refractivity contribution >= 4 is 5.91 Å². The lowest BCUT2D eigenvalue weighted by Gasteiger charge is -2.38. The number of aryl methyl sites for hydroxylation is 1. The highest BCUT2D eigenvalue weighted by atomic mass is 16.2. The van der Waals surface area contributed by atoms with Crippen LogP contribution in [0.1, 0.15) is 70.2 Å². The van der Waals surface area contributed by atoms with E-state index in [1.807, 2.05) is 11.6 Å². The molecule has 1 amide bonds. The van der Waals surface area contributed by atoms with Gasteiger partial charge in [-0.05, 0) is 52.0 Å². The number of rotatable bonds is 3. The monoisotopic (exact) mass is 318 g/mol. The largest absolute Gasteiger partial charge is 0.353 e. The second-order valence-electron chi connectivity index (χ2n) is 7.93. The maximum Gasteiger partial charge on any atom is 0.225 e. The van der Waals surface area contributed by atoms with E-state index in [1.54, 1.807) is 0 Å². The molecule has 1 heterocycles. The van der Waals surface area contributed by atoms with Crippen LogP contribution < -0.4 is 11.1 Å². The third-order valence-corrected chi connectivity index (χ3v) is 5.54. The van der Waals surface area contributed by atoms with Crippen molar-refractivity contribution in [2.75, 3.05) is 0 Å². The van der Waals surface area contributed by atoms with Gasteiger partial charge in [0.15, 0.2) is 0 Å².